The number of methoxy groups -OCH3 is 2. The molecule has 3 aliphatic heterocycles. The van der Waals surface area contributed by atoms with Crippen molar-refractivity contribution >= 4 is 17.7 Å². The highest BCUT2D eigenvalue weighted by molar-refractivity contribution is 6.01. The van der Waals surface area contributed by atoms with Gasteiger partial charge >= 0.3 is 12.1 Å². The van der Waals surface area contributed by atoms with Crippen molar-refractivity contribution in [3.05, 3.63) is 35.9 Å². The van der Waals surface area contributed by atoms with Crippen LogP contribution in [0.25, 0.3) is 0 Å². The van der Waals surface area contributed by atoms with E-state index in [0.717, 1.165) is 7.11 Å². The van der Waals surface area contributed by atoms with Crippen LogP contribution in [-0.2, 0) is 19.7 Å². The van der Waals surface area contributed by atoms with E-state index >= 15 is 0 Å². The van der Waals surface area contributed by atoms with Crippen LogP contribution in [0.2, 0.25) is 0 Å². The van der Waals surface area contributed by atoms with Crippen LogP contribution in [-0.4, -0.2) is 82.9 Å². The topological polar surface area (TPSA) is 120 Å². The molecule has 0 radical (unpaired) electrons. The number of ether oxygens (including phenoxy) is 2. The van der Waals surface area contributed by atoms with Crippen LogP contribution in [0.3, 0.4) is 0 Å². The smallest absolute Gasteiger partial charge is 0.414 e. The highest BCUT2D eigenvalue weighted by Gasteiger charge is 2.89. The normalized spacial score (nSPS) is 42.9. The molecule has 170 valence electrons. The van der Waals surface area contributed by atoms with Crippen molar-refractivity contribution in [1.29, 1.82) is 0 Å². The maximum absolute atomic E-state index is 13.4. The van der Waals surface area contributed by atoms with Gasteiger partial charge in [0.15, 0.2) is 0 Å². The zero-order chi connectivity index (χ0) is 22.7. The zero-order valence-corrected chi connectivity index (χ0v) is 17.9. The molecule has 3 saturated carbocycles. The average molecular weight is 442 g/mol. The summed E-state index contributed by atoms with van der Waals surface area (Å²) in [5.41, 5.74) is -4.94. The van der Waals surface area contributed by atoms with E-state index < -0.39 is 40.1 Å². The van der Waals surface area contributed by atoms with E-state index in [1.165, 1.54) is 18.1 Å². The summed E-state index contributed by atoms with van der Waals surface area (Å²) in [7, 11) is 2.38. The number of anilines is 1. The van der Waals surface area contributed by atoms with Gasteiger partial charge in [0.25, 0.3) is 0 Å². The largest absolute Gasteiger partial charge is 0.506 e. The fourth-order valence-corrected chi connectivity index (χ4v) is 8.27. The Hall–Kier alpha value is -2.62. The van der Waals surface area contributed by atoms with E-state index in [-0.39, 0.29) is 23.9 Å². The van der Waals surface area contributed by atoms with Crippen molar-refractivity contribution in [3.63, 3.8) is 0 Å². The minimum atomic E-state index is -2.44. The summed E-state index contributed by atoms with van der Waals surface area (Å²) in [6.45, 7) is 1.33. The van der Waals surface area contributed by atoms with Crippen molar-refractivity contribution in [2.24, 2.45) is 5.41 Å². The van der Waals surface area contributed by atoms with E-state index in [1.807, 2.05) is 18.2 Å². The van der Waals surface area contributed by atoms with Gasteiger partial charge in [-0.15, -0.1) is 0 Å². The van der Waals surface area contributed by atoms with Crippen molar-refractivity contribution < 1.29 is 34.4 Å². The van der Waals surface area contributed by atoms with Gasteiger partial charge in [0.1, 0.15) is 17.4 Å². The van der Waals surface area contributed by atoms with Gasteiger partial charge in [-0.05, 0) is 37.4 Å². The summed E-state index contributed by atoms with van der Waals surface area (Å²) in [6, 6.07) is 4.76. The predicted molar refractivity (Wildman–Crippen MR) is 111 cm³/mol. The summed E-state index contributed by atoms with van der Waals surface area (Å²) in [5, 5.41) is 35.0. The monoisotopic (exact) mass is 442 g/mol. The highest BCUT2D eigenvalue weighted by atomic mass is 16.6. The van der Waals surface area contributed by atoms with Crippen LogP contribution in [0, 0.1) is 5.41 Å². The number of fused-ring (bicyclic) bond motifs is 3. The number of rotatable bonds is 1. The Labute approximate surface area is 184 Å². The molecule has 6 unspecified atom stereocenters. The number of hydrogen-bond donors (Lipinski definition) is 3. The standard InChI is InChI=1S/C23H26N2O7/c1-31-18(28)23(30)17(27)20-7-4-11-24-12-10-21(16(20)24)13-5-3-6-14(26)15(13)25(19(29)32-2)22(21,23)9-8-20/h3-7,16-17,26-27,30H,8-12H2,1-2H3. The molecular weight excluding hydrogens is 416 g/mol. The molecule has 1 aromatic rings. The zero-order valence-electron chi connectivity index (χ0n) is 17.9. The number of carbonyl (C=O) groups excluding carboxylic acids is 2. The van der Waals surface area contributed by atoms with Gasteiger partial charge < -0.3 is 24.8 Å². The van der Waals surface area contributed by atoms with E-state index in [4.69, 9.17) is 9.47 Å². The molecule has 2 bridgehead atoms. The third-order valence-corrected chi connectivity index (χ3v) is 9.05. The maximum Gasteiger partial charge on any atom is 0.414 e. The Bertz CT molecular complexity index is 1090. The molecule has 1 aromatic carbocycles. The second kappa shape index (κ2) is 5.84. The highest BCUT2D eigenvalue weighted by Crippen LogP contribution is 2.76. The minimum Gasteiger partial charge on any atom is -0.506 e. The lowest BCUT2D eigenvalue weighted by atomic mass is 9.37. The number of hydrogen-bond acceptors (Lipinski definition) is 8. The molecular formula is C23H26N2O7. The summed E-state index contributed by atoms with van der Waals surface area (Å²) < 4.78 is 10.2. The summed E-state index contributed by atoms with van der Waals surface area (Å²) >= 11 is 0. The number of aliphatic hydroxyl groups excluding tert-OH is 1. The minimum absolute atomic E-state index is 0.143. The first-order valence-corrected chi connectivity index (χ1v) is 10.9. The molecule has 1 amide bonds. The Morgan fingerprint density at radius 2 is 1.94 bits per heavy atom. The first-order valence-electron chi connectivity index (χ1n) is 10.9. The number of amides is 1. The van der Waals surface area contributed by atoms with E-state index in [0.29, 0.717) is 31.5 Å². The van der Waals surface area contributed by atoms with Crippen LogP contribution in [0.15, 0.2) is 30.4 Å². The molecule has 0 aromatic heterocycles. The van der Waals surface area contributed by atoms with Crippen LogP contribution >= 0.6 is 0 Å². The average Bonchev–Trinajstić information content (AvgIpc) is 3.33. The predicted octanol–water partition coefficient (Wildman–Crippen LogP) is 0.658. The number of para-hydroxylation sites is 1. The third kappa shape index (κ3) is 1.65. The lowest BCUT2D eigenvalue weighted by molar-refractivity contribution is -0.262. The van der Waals surface area contributed by atoms with Crippen LogP contribution in [0.4, 0.5) is 10.5 Å². The van der Waals surface area contributed by atoms with Crippen molar-refractivity contribution in [2.45, 2.75) is 48.0 Å². The van der Waals surface area contributed by atoms with Gasteiger partial charge in [0, 0.05) is 23.4 Å². The van der Waals surface area contributed by atoms with Crippen molar-refractivity contribution in [2.75, 3.05) is 32.2 Å². The number of carbonyl (C=O) groups is 2. The molecule has 6 aliphatic rings. The summed E-state index contributed by atoms with van der Waals surface area (Å²) in [4.78, 5) is 30.2. The van der Waals surface area contributed by atoms with Gasteiger partial charge in [0.2, 0.25) is 5.60 Å². The van der Waals surface area contributed by atoms with E-state index in [2.05, 4.69) is 4.90 Å². The first-order chi connectivity index (χ1) is 15.3. The van der Waals surface area contributed by atoms with Gasteiger partial charge in [-0.3, -0.25) is 9.80 Å². The number of aromatic hydroxyl groups is 1. The fraction of sp³-hybridized carbons (Fsp3) is 0.565. The lowest BCUT2D eigenvalue weighted by Crippen LogP contribution is -2.90. The molecule has 6 atom stereocenters. The molecule has 3 aliphatic carbocycles. The van der Waals surface area contributed by atoms with Gasteiger partial charge in [0.05, 0.1) is 19.9 Å². The molecule has 3 N–H and O–H groups in total. The first kappa shape index (κ1) is 20.0. The number of aliphatic hydroxyl groups is 2. The van der Waals surface area contributed by atoms with Gasteiger partial charge in [-0.2, -0.15) is 0 Å². The molecule has 3 spiro atoms. The SMILES string of the molecule is COC(=O)N1c2c(O)cccc2C23CCN4CC=CC5(CCC12C(O)(C(=O)OC)C5O)C43. The Morgan fingerprint density at radius 1 is 1.16 bits per heavy atom. The Balaban J connectivity index is 1.79. The lowest BCUT2D eigenvalue weighted by Gasteiger charge is -2.72. The molecule has 9 nitrogen and oxygen atoms in total. The molecule has 7 rings (SSSR count). The van der Waals surface area contributed by atoms with Crippen LogP contribution < -0.4 is 4.90 Å². The number of phenolic OH excluding ortho intramolecular Hbond substituents is 1. The van der Waals surface area contributed by atoms with Crippen LogP contribution in [0.1, 0.15) is 24.8 Å². The Kier molecular flexibility index (Phi) is 3.65. The molecule has 4 fully saturated rings. The fourth-order valence-electron chi connectivity index (χ4n) is 8.27. The maximum atomic E-state index is 13.4. The molecule has 3 heterocycles. The second-order valence-electron chi connectivity index (χ2n) is 9.63. The quantitative estimate of drug-likeness (QED) is 0.429. The van der Waals surface area contributed by atoms with Gasteiger partial charge in [-0.25, -0.2) is 9.59 Å². The molecule has 9 heteroatoms. The van der Waals surface area contributed by atoms with E-state index in [9.17, 15) is 24.9 Å². The molecule has 32 heavy (non-hydrogen) atoms. The van der Waals surface area contributed by atoms with Crippen molar-refractivity contribution in [1.82, 2.24) is 4.90 Å². The van der Waals surface area contributed by atoms with E-state index in [1.54, 1.807) is 6.07 Å². The summed E-state index contributed by atoms with van der Waals surface area (Å²) in [5.74, 6) is -1.14. The third-order valence-electron chi connectivity index (χ3n) is 9.05. The summed E-state index contributed by atoms with van der Waals surface area (Å²) in [6.07, 6.45) is 2.81. The number of phenols is 1. The second-order valence-corrected chi connectivity index (χ2v) is 9.63. The number of nitrogens with zero attached hydrogens (tertiary/aromatic N) is 2. The van der Waals surface area contributed by atoms with Gasteiger partial charge in [-0.1, -0.05) is 24.3 Å². The van der Waals surface area contributed by atoms with Crippen molar-refractivity contribution in [3.8, 4) is 5.75 Å². The molecule has 1 saturated heterocycles. The Morgan fingerprint density at radius 3 is 2.66 bits per heavy atom. The van der Waals surface area contributed by atoms with Crippen LogP contribution in [0.5, 0.6) is 5.75 Å². The number of benzene rings is 1. The number of esters is 1.